The Morgan fingerprint density at radius 1 is 1.31 bits per heavy atom. The molecular weight excluding hydrogens is 198 g/mol. The standard InChI is InChI=1S/C14H19NO/c1-16-8-11-6-5-10-7-9-3-2-4-12(9)14(15)13(10)11/h7,11H,2-6,8,15H2,1H3. The fourth-order valence-electron chi connectivity index (χ4n) is 3.39. The summed E-state index contributed by atoms with van der Waals surface area (Å²) >= 11 is 0. The molecule has 0 saturated carbocycles. The van der Waals surface area contributed by atoms with Crippen LogP contribution in [-0.2, 0) is 24.0 Å². The summed E-state index contributed by atoms with van der Waals surface area (Å²) in [6.07, 6.45) is 6.06. The van der Waals surface area contributed by atoms with E-state index in [9.17, 15) is 0 Å². The number of rotatable bonds is 2. The number of nitrogens with two attached hydrogens (primary N) is 1. The normalized spacial score (nSPS) is 22.2. The van der Waals surface area contributed by atoms with E-state index in [1.165, 1.54) is 54.4 Å². The second kappa shape index (κ2) is 3.77. The van der Waals surface area contributed by atoms with E-state index in [2.05, 4.69) is 6.07 Å². The molecule has 2 aliphatic rings. The van der Waals surface area contributed by atoms with Crippen LogP contribution in [0.5, 0.6) is 0 Å². The Labute approximate surface area is 96.8 Å². The van der Waals surface area contributed by atoms with Crippen LogP contribution in [0.25, 0.3) is 0 Å². The predicted molar refractivity (Wildman–Crippen MR) is 65.8 cm³/mol. The minimum Gasteiger partial charge on any atom is -0.398 e. The fourth-order valence-corrected chi connectivity index (χ4v) is 3.39. The largest absolute Gasteiger partial charge is 0.398 e. The molecule has 0 aliphatic heterocycles. The zero-order valence-electron chi connectivity index (χ0n) is 9.88. The zero-order valence-corrected chi connectivity index (χ0v) is 9.88. The Hall–Kier alpha value is -1.02. The third-order valence-corrected chi connectivity index (χ3v) is 4.11. The molecule has 0 radical (unpaired) electrons. The van der Waals surface area contributed by atoms with Gasteiger partial charge in [0.15, 0.2) is 0 Å². The van der Waals surface area contributed by atoms with Crippen molar-refractivity contribution in [2.45, 2.75) is 38.0 Å². The Bertz CT molecular complexity index is 425. The molecule has 1 aromatic carbocycles. The molecule has 0 fully saturated rings. The van der Waals surface area contributed by atoms with E-state index in [1.54, 1.807) is 7.11 Å². The van der Waals surface area contributed by atoms with Crippen molar-refractivity contribution in [3.8, 4) is 0 Å². The van der Waals surface area contributed by atoms with Crippen molar-refractivity contribution in [3.63, 3.8) is 0 Å². The zero-order chi connectivity index (χ0) is 11.1. The lowest BCUT2D eigenvalue weighted by molar-refractivity contribution is 0.179. The van der Waals surface area contributed by atoms with Crippen molar-refractivity contribution in [1.29, 1.82) is 0 Å². The van der Waals surface area contributed by atoms with Gasteiger partial charge in [-0.3, -0.25) is 0 Å². The van der Waals surface area contributed by atoms with Crippen LogP contribution in [-0.4, -0.2) is 13.7 Å². The quantitative estimate of drug-likeness (QED) is 0.772. The molecule has 1 atom stereocenters. The first-order valence-electron chi connectivity index (χ1n) is 6.23. The number of anilines is 1. The summed E-state index contributed by atoms with van der Waals surface area (Å²) < 4.78 is 5.30. The van der Waals surface area contributed by atoms with Crippen molar-refractivity contribution in [2.24, 2.45) is 0 Å². The van der Waals surface area contributed by atoms with Crippen LogP contribution in [0.2, 0.25) is 0 Å². The predicted octanol–water partition coefficient (Wildman–Crippen LogP) is 2.43. The molecule has 0 bridgehead atoms. The van der Waals surface area contributed by atoms with Crippen LogP contribution in [0.15, 0.2) is 6.07 Å². The number of nitrogen functional groups attached to an aromatic ring is 1. The monoisotopic (exact) mass is 217 g/mol. The van der Waals surface area contributed by atoms with Crippen molar-refractivity contribution in [3.05, 3.63) is 28.3 Å². The Kier molecular flexibility index (Phi) is 2.40. The molecular formula is C14H19NO. The van der Waals surface area contributed by atoms with Gasteiger partial charge in [-0.05, 0) is 54.4 Å². The number of fused-ring (bicyclic) bond motifs is 2. The minimum absolute atomic E-state index is 0.533. The van der Waals surface area contributed by atoms with E-state index in [4.69, 9.17) is 10.5 Å². The fraction of sp³-hybridized carbons (Fsp3) is 0.571. The van der Waals surface area contributed by atoms with E-state index in [0.717, 1.165) is 12.3 Å². The van der Waals surface area contributed by atoms with Gasteiger partial charge in [0.2, 0.25) is 0 Å². The molecule has 2 nitrogen and oxygen atoms in total. The maximum absolute atomic E-state index is 6.35. The van der Waals surface area contributed by atoms with E-state index in [1.807, 2.05) is 0 Å². The first-order valence-corrected chi connectivity index (χ1v) is 6.23. The Morgan fingerprint density at radius 2 is 2.19 bits per heavy atom. The average Bonchev–Trinajstić information content (AvgIpc) is 2.86. The van der Waals surface area contributed by atoms with Gasteiger partial charge < -0.3 is 10.5 Å². The lowest BCUT2D eigenvalue weighted by Gasteiger charge is -2.16. The van der Waals surface area contributed by atoms with Gasteiger partial charge in [-0.2, -0.15) is 0 Å². The van der Waals surface area contributed by atoms with E-state index in [0.29, 0.717) is 5.92 Å². The number of hydrogen-bond acceptors (Lipinski definition) is 2. The van der Waals surface area contributed by atoms with Crippen molar-refractivity contribution in [2.75, 3.05) is 19.5 Å². The number of hydrogen-bond donors (Lipinski definition) is 1. The molecule has 0 heterocycles. The molecule has 0 spiro atoms. The van der Waals surface area contributed by atoms with Gasteiger partial charge in [-0.1, -0.05) is 6.07 Å². The van der Waals surface area contributed by atoms with Crippen LogP contribution in [0.3, 0.4) is 0 Å². The number of benzene rings is 1. The first-order chi connectivity index (χ1) is 7.81. The number of aryl methyl sites for hydroxylation is 2. The van der Waals surface area contributed by atoms with Crippen LogP contribution < -0.4 is 5.73 Å². The third-order valence-electron chi connectivity index (χ3n) is 4.11. The highest BCUT2D eigenvalue weighted by atomic mass is 16.5. The van der Waals surface area contributed by atoms with Crippen LogP contribution in [0.1, 0.15) is 41.0 Å². The van der Waals surface area contributed by atoms with Crippen molar-refractivity contribution in [1.82, 2.24) is 0 Å². The highest BCUT2D eigenvalue weighted by Gasteiger charge is 2.28. The summed E-state index contributed by atoms with van der Waals surface area (Å²) in [5.41, 5.74) is 13.3. The van der Waals surface area contributed by atoms with Gasteiger partial charge in [-0.25, -0.2) is 0 Å². The molecule has 2 aliphatic carbocycles. The summed E-state index contributed by atoms with van der Waals surface area (Å²) in [6.45, 7) is 0.815. The first kappa shape index (κ1) is 10.2. The van der Waals surface area contributed by atoms with Gasteiger partial charge in [0.1, 0.15) is 0 Å². The summed E-state index contributed by atoms with van der Waals surface area (Å²) in [6, 6.07) is 2.41. The molecule has 86 valence electrons. The topological polar surface area (TPSA) is 35.2 Å². The lowest BCUT2D eigenvalue weighted by Crippen LogP contribution is -2.07. The maximum atomic E-state index is 6.35. The second-order valence-corrected chi connectivity index (χ2v) is 5.05. The number of ether oxygens (including phenoxy) is 1. The Morgan fingerprint density at radius 3 is 3.00 bits per heavy atom. The summed E-state index contributed by atoms with van der Waals surface area (Å²) in [4.78, 5) is 0. The minimum atomic E-state index is 0.533. The van der Waals surface area contributed by atoms with Gasteiger partial charge in [0, 0.05) is 18.7 Å². The molecule has 0 aromatic heterocycles. The summed E-state index contributed by atoms with van der Waals surface area (Å²) in [5, 5.41) is 0. The SMILES string of the molecule is COCC1CCc2cc3c(c(N)c21)CCC3. The number of methoxy groups -OCH3 is 1. The summed E-state index contributed by atoms with van der Waals surface area (Å²) in [5.74, 6) is 0.533. The highest BCUT2D eigenvalue weighted by molar-refractivity contribution is 5.64. The molecule has 0 amide bonds. The van der Waals surface area contributed by atoms with Crippen LogP contribution in [0, 0.1) is 0 Å². The van der Waals surface area contributed by atoms with E-state index >= 15 is 0 Å². The second-order valence-electron chi connectivity index (χ2n) is 5.05. The molecule has 2 heteroatoms. The smallest absolute Gasteiger partial charge is 0.0531 e. The van der Waals surface area contributed by atoms with Gasteiger partial charge in [-0.15, -0.1) is 0 Å². The van der Waals surface area contributed by atoms with Crippen LogP contribution in [0.4, 0.5) is 5.69 Å². The average molecular weight is 217 g/mol. The van der Waals surface area contributed by atoms with Gasteiger partial charge in [0.25, 0.3) is 0 Å². The molecule has 2 N–H and O–H groups in total. The third kappa shape index (κ3) is 1.36. The molecule has 1 aromatic rings. The van der Waals surface area contributed by atoms with Gasteiger partial charge in [0.05, 0.1) is 6.61 Å². The molecule has 3 rings (SSSR count). The van der Waals surface area contributed by atoms with E-state index in [-0.39, 0.29) is 0 Å². The molecule has 0 saturated heterocycles. The van der Waals surface area contributed by atoms with Crippen molar-refractivity contribution >= 4 is 5.69 Å². The van der Waals surface area contributed by atoms with Crippen molar-refractivity contribution < 1.29 is 4.74 Å². The van der Waals surface area contributed by atoms with Crippen LogP contribution >= 0.6 is 0 Å². The highest BCUT2D eigenvalue weighted by Crippen LogP contribution is 2.42. The Balaban J connectivity index is 2.08. The van der Waals surface area contributed by atoms with E-state index < -0.39 is 0 Å². The molecule has 16 heavy (non-hydrogen) atoms. The molecule has 1 unspecified atom stereocenters. The lowest BCUT2D eigenvalue weighted by atomic mass is 9.94. The van der Waals surface area contributed by atoms with Gasteiger partial charge >= 0.3 is 0 Å². The maximum Gasteiger partial charge on any atom is 0.0531 e. The summed E-state index contributed by atoms with van der Waals surface area (Å²) in [7, 11) is 1.78.